The van der Waals surface area contributed by atoms with Gasteiger partial charge in [0.05, 0.1) is 0 Å². The van der Waals surface area contributed by atoms with Gasteiger partial charge in [-0.1, -0.05) is 6.07 Å². The molecule has 1 aromatic rings. The molecule has 0 heterocycles. The standard InChI is InChI=1S/C12H17F2N/c1-8-6-10(5-3-4-9(2)15)7-11(13)12(8)14/h6-7,9H,3-5,15H2,1-2H3. The van der Waals surface area contributed by atoms with Crippen LogP contribution in [-0.4, -0.2) is 6.04 Å². The molecule has 0 radical (unpaired) electrons. The summed E-state index contributed by atoms with van der Waals surface area (Å²) in [5, 5.41) is 0. The van der Waals surface area contributed by atoms with E-state index in [0.717, 1.165) is 24.8 Å². The summed E-state index contributed by atoms with van der Waals surface area (Å²) >= 11 is 0. The first-order valence-electron chi connectivity index (χ1n) is 5.21. The SMILES string of the molecule is Cc1cc(CCCC(C)N)cc(F)c1F. The van der Waals surface area contributed by atoms with E-state index >= 15 is 0 Å². The van der Waals surface area contributed by atoms with Crippen LogP contribution in [0.25, 0.3) is 0 Å². The van der Waals surface area contributed by atoms with E-state index in [2.05, 4.69) is 0 Å². The minimum atomic E-state index is -0.759. The van der Waals surface area contributed by atoms with Crippen molar-refractivity contribution in [3.63, 3.8) is 0 Å². The fourth-order valence-electron chi connectivity index (χ4n) is 1.57. The molecule has 84 valence electrons. The van der Waals surface area contributed by atoms with Crippen molar-refractivity contribution in [1.29, 1.82) is 0 Å². The molecule has 0 bridgehead atoms. The molecule has 2 N–H and O–H groups in total. The van der Waals surface area contributed by atoms with Crippen LogP contribution < -0.4 is 5.73 Å². The summed E-state index contributed by atoms with van der Waals surface area (Å²) in [6, 6.07) is 3.12. The molecule has 1 rings (SSSR count). The van der Waals surface area contributed by atoms with E-state index in [-0.39, 0.29) is 6.04 Å². The molecule has 1 nitrogen and oxygen atoms in total. The summed E-state index contributed by atoms with van der Waals surface area (Å²) in [7, 11) is 0. The van der Waals surface area contributed by atoms with Crippen molar-refractivity contribution in [2.75, 3.05) is 0 Å². The molecule has 1 atom stereocenters. The lowest BCUT2D eigenvalue weighted by atomic mass is 10.0. The van der Waals surface area contributed by atoms with Crippen LogP contribution in [0.2, 0.25) is 0 Å². The maximum absolute atomic E-state index is 13.0. The smallest absolute Gasteiger partial charge is 0.161 e. The number of halogens is 2. The summed E-state index contributed by atoms with van der Waals surface area (Å²) in [4.78, 5) is 0. The molecule has 0 aliphatic heterocycles. The van der Waals surface area contributed by atoms with Crippen LogP contribution in [0.15, 0.2) is 12.1 Å². The summed E-state index contributed by atoms with van der Waals surface area (Å²) in [6.45, 7) is 3.52. The number of rotatable bonds is 4. The van der Waals surface area contributed by atoms with Crippen LogP contribution in [-0.2, 0) is 6.42 Å². The normalized spacial score (nSPS) is 12.9. The van der Waals surface area contributed by atoms with E-state index in [1.165, 1.54) is 6.07 Å². The minimum Gasteiger partial charge on any atom is -0.328 e. The molecular weight excluding hydrogens is 196 g/mol. The number of hydrogen-bond donors (Lipinski definition) is 1. The first kappa shape index (κ1) is 12.1. The van der Waals surface area contributed by atoms with Crippen molar-refractivity contribution in [3.8, 4) is 0 Å². The van der Waals surface area contributed by atoms with Gasteiger partial charge in [-0.25, -0.2) is 8.78 Å². The number of hydrogen-bond acceptors (Lipinski definition) is 1. The molecule has 1 unspecified atom stereocenters. The van der Waals surface area contributed by atoms with Crippen LogP contribution in [0.1, 0.15) is 30.9 Å². The lowest BCUT2D eigenvalue weighted by molar-refractivity contribution is 0.500. The van der Waals surface area contributed by atoms with Crippen LogP contribution in [0.4, 0.5) is 8.78 Å². The van der Waals surface area contributed by atoms with Crippen LogP contribution in [0, 0.1) is 18.6 Å². The fraction of sp³-hybridized carbons (Fsp3) is 0.500. The summed E-state index contributed by atoms with van der Waals surface area (Å²) in [5.74, 6) is -1.50. The van der Waals surface area contributed by atoms with Gasteiger partial charge >= 0.3 is 0 Å². The molecule has 0 aromatic heterocycles. The van der Waals surface area contributed by atoms with Gasteiger partial charge in [0.25, 0.3) is 0 Å². The van der Waals surface area contributed by atoms with Gasteiger partial charge in [-0.05, 0) is 50.3 Å². The molecule has 0 aliphatic rings. The second-order valence-electron chi connectivity index (χ2n) is 4.08. The lowest BCUT2D eigenvalue weighted by Crippen LogP contribution is -2.14. The maximum Gasteiger partial charge on any atom is 0.161 e. The third-order valence-electron chi connectivity index (χ3n) is 2.39. The third kappa shape index (κ3) is 3.59. The molecular formula is C12H17F2N. The van der Waals surface area contributed by atoms with E-state index in [0.29, 0.717) is 5.56 Å². The highest BCUT2D eigenvalue weighted by Gasteiger charge is 2.07. The van der Waals surface area contributed by atoms with Gasteiger partial charge in [-0.2, -0.15) is 0 Å². The van der Waals surface area contributed by atoms with Crippen molar-refractivity contribution in [1.82, 2.24) is 0 Å². The van der Waals surface area contributed by atoms with Gasteiger partial charge in [-0.3, -0.25) is 0 Å². The van der Waals surface area contributed by atoms with Gasteiger partial charge in [-0.15, -0.1) is 0 Å². The lowest BCUT2D eigenvalue weighted by Gasteiger charge is -2.06. The molecule has 0 fully saturated rings. The predicted octanol–water partition coefficient (Wildman–Crippen LogP) is 2.94. The van der Waals surface area contributed by atoms with E-state index in [1.54, 1.807) is 13.0 Å². The summed E-state index contributed by atoms with van der Waals surface area (Å²) in [6.07, 6.45) is 2.56. The van der Waals surface area contributed by atoms with Gasteiger partial charge < -0.3 is 5.73 Å². The van der Waals surface area contributed by atoms with Gasteiger partial charge in [0.1, 0.15) is 0 Å². The first-order valence-corrected chi connectivity index (χ1v) is 5.21. The predicted molar refractivity (Wildman–Crippen MR) is 57.7 cm³/mol. The zero-order valence-electron chi connectivity index (χ0n) is 9.19. The highest BCUT2D eigenvalue weighted by molar-refractivity contribution is 5.25. The van der Waals surface area contributed by atoms with Crippen molar-refractivity contribution >= 4 is 0 Å². The first-order chi connectivity index (χ1) is 7.00. The topological polar surface area (TPSA) is 26.0 Å². The van der Waals surface area contributed by atoms with Crippen LogP contribution >= 0.6 is 0 Å². The minimum absolute atomic E-state index is 0.163. The van der Waals surface area contributed by atoms with Gasteiger partial charge in [0.15, 0.2) is 11.6 Å². The van der Waals surface area contributed by atoms with E-state index in [9.17, 15) is 8.78 Å². The summed E-state index contributed by atoms with van der Waals surface area (Å²) in [5.41, 5.74) is 6.81. The number of benzene rings is 1. The molecule has 0 saturated heterocycles. The van der Waals surface area contributed by atoms with E-state index < -0.39 is 11.6 Å². The quantitative estimate of drug-likeness (QED) is 0.817. The zero-order valence-corrected chi connectivity index (χ0v) is 9.19. The Labute approximate surface area is 89.3 Å². The highest BCUT2D eigenvalue weighted by atomic mass is 19.2. The number of aryl methyl sites for hydroxylation is 2. The molecule has 15 heavy (non-hydrogen) atoms. The van der Waals surface area contributed by atoms with E-state index in [4.69, 9.17) is 5.73 Å². The Balaban J connectivity index is 2.63. The average Bonchev–Trinajstić information content (AvgIpc) is 2.13. The Morgan fingerprint density at radius 3 is 2.53 bits per heavy atom. The zero-order chi connectivity index (χ0) is 11.4. The summed E-state index contributed by atoms with van der Waals surface area (Å²) < 4.78 is 26.0. The largest absolute Gasteiger partial charge is 0.328 e. The second kappa shape index (κ2) is 5.21. The monoisotopic (exact) mass is 213 g/mol. The molecule has 0 aliphatic carbocycles. The molecule has 1 aromatic carbocycles. The Morgan fingerprint density at radius 1 is 1.33 bits per heavy atom. The van der Waals surface area contributed by atoms with Crippen molar-refractivity contribution in [2.45, 2.75) is 39.2 Å². The average molecular weight is 213 g/mol. The highest BCUT2D eigenvalue weighted by Crippen LogP contribution is 2.15. The van der Waals surface area contributed by atoms with Crippen LogP contribution in [0.5, 0.6) is 0 Å². The number of nitrogens with two attached hydrogens (primary N) is 1. The molecule has 0 spiro atoms. The van der Waals surface area contributed by atoms with Crippen LogP contribution in [0.3, 0.4) is 0 Å². The molecule has 0 amide bonds. The van der Waals surface area contributed by atoms with Gasteiger partial charge in [0, 0.05) is 6.04 Å². The molecule has 0 saturated carbocycles. The van der Waals surface area contributed by atoms with Crippen molar-refractivity contribution in [3.05, 3.63) is 34.9 Å². The Morgan fingerprint density at radius 2 is 2.00 bits per heavy atom. The molecule has 3 heteroatoms. The Bertz CT molecular complexity index is 311. The fourth-order valence-corrected chi connectivity index (χ4v) is 1.57. The van der Waals surface area contributed by atoms with Crippen molar-refractivity contribution in [2.24, 2.45) is 5.73 Å². The Hall–Kier alpha value is -0.960. The second-order valence-corrected chi connectivity index (χ2v) is 4.08. The third-order valence-corrected chi connectivity index (χ3v) is 2.39. The Kier molecular flexibility index (Phi) is 4.21. The maximum atomic E-state index is 13.0. The van der Waals surface area contributed by atoms with E-state index in [1.807, 2.05) is 6.92 Å². The van der Waals surface area contributed by atoms with Crippen molar-refractivity contribution < 1.29 is 8.78 Å². The van der Waals surface area contributed by atoms with Gasteiger partial charge in [0.2, 0.25) is 0 Å².